The zero-order chi connectivity index (χ0) is 17.8. The molecule has 0 amide bonds. The van der Waals surface area contributed by atoms with Crippen molar-refractivity contribution in [2.45, 2.75) is 76.7 Å². The van der Waals surface area contributed by atoms with Crippen LogP contribution < -0.4 is 0 Å². The number of aliphatic hydroxyl groups is 1. The van der Waals surface area contributed by atoms with Crippen LogP contribution >= 0.6 is 0 Å². The Balaban J connectivity index is 3.04. The molecule has 0 spiro atoms. The number of carbonyl (C=O) groups is 1. The lowest BCUT2D eigenvalue weighted by molar-refractivity contribution is -0.299. The van der Waals surface area contributed by atoms with E-state index in [9.17, 15) is 26.7 Å². The maximum Gasteiger partial charge on any atom is 0.420 e. The average molecular weight is 346 g/mol. The molecule has 1 rings (SSSR count). The van der Waals surface area contributed by atoms with E-state index in [0.29, 0.717) is 19.3 Å². The summed E-state index contributed by atoms with van der Waals surface area (Å²) in [7, 11) is 0. The van der Waals surface area contributed by atoms with E-state index in [1.807, 2.05) is 0 Å². The summed E-state index contributed by atoms with van der Waals surface area (Å²) in [5.41, 5.74) is 0. The number of halogens is 5. The third kappa shape index (κ3) is 5.02. The lowest BCUT2D eigenvalue weighted by atomic mass is 9.81. The van der Waals surface area contributed by atoms with Crippen LogP contribution in [0.1, 0.15) is 52.4 Å². The van der Waals surface area contributed by atoms with E-state index in [1.165, 1.54) is 6.92 Å². The van der Waals surface area contributed by atoms with Gasteiger partial charge < -0.3 is 9.84 Å². The first-order chi connectivity index (χ1) is 10.5. The zero-order valence-electron chi connectivity index (χ0n) is 13.2. The molecule has 0 radical (unpaired) electrons. The van der Waals surface area contributed by atoms with E-state index < -0.39 is 42.1 Å². The molecule has 23 heavy (non-hydrogen) atoms. The summed E-state index contributed by atoms with van der Waals surface area (Å²) in [5, 5.41) is 9.06. The lowest BCUT2D eigenvalue weighted by Gasteiger charge is -2.37. The number of hydrogen-bond acceptors (Lipinski definition) is 3. The van der Waals surface area contributed by atoms with Gasteiger partial charge >= 0.3 is 18.1 Å². The minimum absolute atomic E-state index is 0.249. The number of alkyl halides is 5. The number of hydrogen-bond donors (Lipinski definition) is 1. The van der Waals surface area contributed by atoms with Crippen molar-refractivity contribution in [3.05, 3.63) is 0 Å². The van der Waals surface area contributed by atoms with E-state index in [2.05, 4.69) is 0 Å². The highest BCUT2D eigenvalue weighted by Crippen LogP contribution is 2.42. The van der Waals surface area contributed by atoms with Crippen molar-refractivity contribution >= 4 is 5.97 Å². The zero-order valence-corrected chi connectivity index (χ0v) is 13.2. The van der Waals surface area contributed by atoms with Gasteiger partial charge in [0, 0.05) is 5.92 Å². The Labute approximate surface area is 132 Å². The summed E-state index contributed by atoms with van der Waals surface area (Å²) in [6.45, 7) is 3.10. The number of rotatable bonds is 6. The summed E-state index contributed by atoms with van der Waals surface area (Å²) >= 11 is 0. The molecule has 1 aliphatic carbocycles. The second-order valence-electron chi connectivity index (χ2n) is 6.18. The summed E-state index contributed by atoms with van der Waals surface area (Å²) in [6, 6.07) is 0. The highest BCUT2D eigenvalue weighted by Gasteiger charge is 2.62. The number of esters is 1. The Kier molecular flexibility index (Phi) is 6.80. The SMILES string of the molecule is CCC(C)C(=O)OC(C1CCCCC1)C(F)(F)C(O)C(F)(F)F. The maximum absolute atomic E-state index is 14.2. The van der Waals surface area contributed by atoms with E-state index in [4.69, 9.17) is 9.84 Å². The molecule has 136 valence electrons. The first-order valence-corrected chi connectivity index (χ1v) is 7.84. The third-order valence-corrected chi connectivity index (χ3v) is 4.39. The fourth-order valence-corrected chi connectivity index (χ4v) is 2.71. The fourth-order valence-electron chi connectivity index (χ4n) is 2.71. The molecule has 1 saturated carbocycles. The highest BCUT2D eigenvalue weighted by atomic mass is 19.4. The maximum atomic E-state index is 14.2. The molecule has 0 bridgehead atoms. The van der Waals surface area contributed by atoms with Crippen LogP contribution in [-0.4, -0.2) is 35.4 Å². The van der Waals surface area contributed by atoms with Gasteiger partial charge in [0.05, 0.1) is 5.92 Å². The van der Waals surface area contributed by atoms with Crippen molar-refractivity contribution in [1.82, 2.24) is 0 Å². The van der Waals surface area contributed by atoms with Crippen LogP contribution in [0.15, 0.2) is 0 Å². The van der Waals surface area contributed by atoms with Crippen LogP contribution in [0.5, 0.6) is 0 Å². The summed E-state index contributed by atoms with van der Waals surface area (Å²) in [4.78, 5) is 11.8. The van der Waals surface area contributed by atoms with Gasteiger partial charge in [-0.25, -0.2) is 0 Å². The molecule has 0 aliphatic heterocycles. The molecular weight excluding hydrogens is 323 g/mol. The Morgan fingerprint density at radius 1 is 1.17 bits per heavy atom. The van der Waals surface area contributed by atoms with E-state index >= 15 is 0 Å². The first-order valence-electron chi connectivity index (χ1n) is 7.84. The van der Waals surface area contributed by atoms with Crippen LogP contribution in [-0.2, 0) is 9.53 Å². The smallest absolute Gasteiger partial charge is 0.420 e. The Hall–Kier alpha value is -0.920. The third-order valence-electron chi connectivity index (χ3n) is 4.39. The van der Waals surface area contributed by atoms with Crippen molar-refractivity contribution in [2.24, 2.45) is 11.8 Å². The first kappa shape index (κ1) is 20.1. The molecule has 0 aromatic heterocycles. The molecule has 1 aliphatic rings. The quantitative estimate of drug-likeness (QED) is 0.582. The van der Waals surface area contributed by atoms with Gasteiger partial charge in [-0.1, -0.05) is 33.1 Å². The van der Waals surface area contributed by atoms with E-state index in [1.54, 1.807) is 6.92 Å². The number of ether oxygens (including phenoxy) is 1. The molecule has 8 heteroatoms. The Morgan fingerprint density at radius 2 is 1.70 bits per heavy atom. The molecule has 0 heterocycles. The molecule has 1 N–H and O–H groups in total. The summed E-state index contributed by atoms with van der Waals surface area (Å²) in [5.74, 6) is -7.12. The van der Waals surface area contributed by atoms with Crippen LogP contribution in [0.25, 0.3) is 0 Å². The van der Waals surface area contributed by atoms with Gasteiger partial charge in [-0.15, -0.1) is 0 Å². The highest BCUT2D eigenvalue weighted by molar-refractivity contribution is 5.72. The topological polar surface area (TPSA) is 46.5 Å². The molecule has 3 atom stereocenters. The number of carbonyl (C=O) groups excluding carboxylic acids is 1. The summed E-state index contributed by atoms with van der Waals surface area (Å²) in [6.07, 6.45) is -8.82. The fraction of sp³-hybridized carbons (Fsp3) is 0.933. The predicted octanol–water partition coefficient (Wildman–Crippen LogP) is 4.08. The molecule has 3 unspecified atom stereocenters. The van der Waals surface area contributed by atoms with Gasteiger partial charge in [0.15, 0.2) is 6.10 Å². The minimum atomic E-state index is -5.49. The minimum Gasteiger partial charge on any atom is -0.455 e. The number of aliphatic hydroxyl groups excluding tert-OH is 1. The largest absolute Gasteiger partial charge is 0.455 e. The van der Waals surface area contributed by atoms with Crippen LogP contribution in [0, 0.1) is 11.8 Å². The van der Waals surface area contributed by atoms with Gasteiger partial charge in [-0.05, 0) is 19.3 Å². The van der Waals surface area contributed by atoms with Gasteiger partial charge in [-0.2, -0.15) is 22.0 Å². The van der Waals surface area contributed by atoms with Crippen molar-refractivity contribution in [3.63, 3.8) is 0 Å². The molecule has 0 aromatic carbocycles. The monoisotopic (exact) mass is 346 g/mol. The standard InChI is InChI=1S/C15H23F5O3/c1-3-9(2)12(21)23-11(10-7-5-4-6-8-10)14(16,17)13(22)15(18,19)20/h9-11,13,22H,3-8H2,1-2H3. The lowest BCUT2D eigenvalue weighted by Crippen LogP contribution is -2.56. The van der Waals surface area contributed by atoms with Crippen molar-refractivity contribution in [1.29, 1.82) is 0 Å². The van der Waals surface area contributed by atoms with Gasteiger partial charge in [0.2, 0.25) is 6.10 Å². The van der Waals surface area contributed by atoms with E-state index in [-0.39, 0.29) is 12.8 Å². The van der Waals surface area contributed by atoms with Gasteiger partial charge in [-0.3, -0.25) is 4.79 Å². The van der Waals surface area contributed by atoms with Gasteiger partial charge in [0.1, 0.15) is 0 Å². The van der Waals surface area contributed by atoms with Crippen molar-refractivity contribution < 1.29 is 36.6 Å². The molecular formula is C15H23F5O3. The Morgan fingerprint density at radius 3 is 2.13 bits per heavy atom. The second-order valence-corrected chi connectivity index (χ2v) is 6.18. The van der Waals surface area contributed by atoms with Crippen LogP contribution in [0.4, 0.5) is 22.0 Å². The van der Waals surface area contributed by atoms with Crippen LogP contribution in [0.3, 0.4) is 0 Å². The summed E-state index contributed by atoms with van der Waals surface area (Å²) < 4.78 is 71.0. The second kappa shape index (κ2) is 7.77. The predicted molar refractivity (Wildman–Crippen MR) is 72.9 cm³/mol. The Bertz CT molecular complexity index is 391. The van der Waals surface area contributed by atoms with Crippen molar-refractivity contribution in [2.75, 3.05) is 0 Å². The van der Waals surface area contributed by atoms with Crippen LogP contribution in [0.2, 0.25) is 0 Å². The van der Waals surface area contributed by atoms with Crippen molar-refractivity contribution in [3.8, 4) is 0 Å². The molecule has 1 fully saturated rings. The average Bonchev–Trinajstić information content (AvgIpc) is 2.50. The van der Waals surface area contributed by atoms with Gasteiger partial charge in [0.25, 0.3) is 0 Å². The normalized spacial score (nSPS) is 21.6. The molecule has 0 saturated heterocycles. The van der Waals surface area contributed by atoms with E-state index in [0.717, 1.165) is 6.42 Å². The molecule has 0 aromatic rings. The molecule has 3 nitrogen and oxygen atoms in total.